The Morgan fingerprint density at radius 2 is 1.71 bits per heavy atom. The van der Waals surface area contributed by atoms with E-state index in [0.29, 0.717) is 40.6 Å². The highest BCUT2D eigenvalue weighted by Gasteiger charge is 2.19. The number of aryl methyl sites for hydroxylation is 1. The summed E-state index contributed by atoms with van der Waals surface area (Å²) in [5.74, 6) is 1.42. The summed E-state index contributed by atoms with van der Waals surface area (Å²) in [5.41, 5.74) is 4.59. The van der Waals surface area contributed by atoms with Gasteiger partial charge in [0, 0.05) is 29.0 Å². The molecule has 1 aromatic heterocycles. The van der Waals surface area contributed by atoms with Crippen LogP contribution >= 0.6 is 15.9 Å². The Hall–Kier alpha value is -4.49. The van der Waals surface area contributed by atoms with Crippen LogP contribution in [0.1, 0.15) is 32.7 Å². The summed E-state index contributed by atoms with van der Waals surface area (Å²) in [6.45, 7) is 2.31. The van der Waals surface area contributed by atoms with Crippen molar-refractivity contribution in [3.63, 3.8) is 0 Å². The standard InChI is InChI=1S/C34H28BrFN2O3/c1-22-8-17-32(33(18-22)40-3)41-31-7-5-4-6-24(31)21-38(2)34(39)29-20-27(15-11-23-9-13-26(36)14-10-23)37-30-16-12-25(35)19-28(29)30/h4-20H,21H2,1-3H3/b15-11+. The van der Waals surface area contributed by atoms with E-state index in [1.54, 1.807) is 37.3 Å². The van der Waals surface area contributed by atoms with Gasteiger partial charge in [-0.3, -0.25) is 4.79 Å². The second-order valence-electron chi connectivity index (χ2n) is 9.67. The number of hydrogen-bond donors (Lipinski definition) is 0. The number of amides is 1. The van der Waals surface area contributed by atoms with Crippen LogP contribution < -0.4 is 9.47 Å². The van der Waals surface area contributed by atoms with Gasteiger partial charge in [-0.2, -0.15) is 0 Å². The van der Waals surface area contributed by atoms with Crippen LogP contribution in [-0.4, -0.2) is 29.9 Å². The van der Waals surface area contributed by atoms with Gasteiger partial charge in [-0.25, -0.2) is 9.37 Å². The summed E-state index contributed by atoms with van der Waals surface area (Å²) in [5, 5.41) is 0.740. The van der Waals surface area contributed by atoms with Crippen LogP contribution in [0.5, 0.6) is 17.2 Å². The van der Waals surface area contributed by atoms with E-state index in [1.165, 1.54) is 12.1 Å². The summed E-state index contributed by atoms with van der Waals surface area (Å²) in [6.07, 6.45) is 3.67. The molecule has 0 saturated carbocycles. The molecule has 0 unspecified atom stereocenters. The zero-order valence-corrected chi connectivity index (χ0v) is 24.5. The monoisotopic (exact) mass is 610 g/mol. The van der Waals surface area contributed by atoms with Gasteiger partial charge in [-0.05, 0) is 78.7 Å². The van der Waals surface area contributed by atoms with E-state index < -0.39 is 0 Å². The number of carbonyl (C=O) groups excluding carboxylic acids is 1. The maximum Gasteiger partial charge on any atom is 0.254 e. The maximum atomic E-state index is 13.9. The van der Waals surface area contributed by atoms with Crippen molar-refractivity contribution in [1.82, 2.24) is 9.88 Å². The van der Waals surface area contributed by atoms with Crippen molar-refractivity contribution in [3.05, 3.63) is 129 Å². The summed E-state index contributed by atoms with van der Waals surface area (Å²) < 4.78 is 25.9. The summed E-state index contributed by atoms with van der Waals surface area (Å²) in [7, 11) is 3.38. The van der Waals surface area contributed by atoms with E-state index in [-0.39, 0.29) is 11.7 Å². The first kappa shape index (κ1) is 28.1. The lowest BCUT2D eigenvalue weighted by atomic mass is 10.1. The Kier molecular flexibility index (Phi) is 8.45. The highest BCUT2D eigenvalue weighted by atomic mass is 79.9. The number of nitrogens with zero attached hydrogens (tertiary/aromatic N) is 2. The van der Waals surface area contributed by atoms with Crippen LogP contribution in [0.3, 0.4) is 0 Å². The van der Waals surface area contributed by atoms with E-state index in [9.17, 15) is 9.18 Å². The largest absolute Gasteiger partial charge is 0.493 e. The molecule has 4 aromatic carbocycles. The summed E-state index contributed by atoms with van der Waals surface area (Å²) >= 11 is 3.53. The molecule has 0 radical (unpaired) electrons. The Labute approximate surface area is 247 Å². The molecule has 0 saturated heterocycles. The van der Waals surface area contributed by atoms with Gasteiger partial charge < -0.3 is 14.4 Å². The van der Waals surface area contributed by atoms with Crippen LogP contribution in [0, 0.1) is 12.7 Å². The SMILES string of the molecule is COc1cc(C)ccc1Oc1ccccc1CN(C)C(=O)c1cc(/C=C/c2ccc(F)cc2)nc2ccc(Br)cc12. The molecule has 206 valence electrons. The predicted molar refractivity (Wildman–Crippen MR) is 165 cm³/mol. The van der Waals surface area contributed by atoms with Gasteiger partial charge in [0.25, 0.3) is 5.91 Å². The Balaban J connectivity index is 1.45. The quantitative estimate of drug-likeness (QED) is 0.176. The minimum atomic E-state index is -0.294. The van der Waals surface area contributed by atoms with Crippen LogP contribution in [0.4, 0.5) is 4.39 Å². The van der Waals surface area contributed by atoms with Gasteiger partial charge in [-0.1, -0.05) is 58.4 Å². The van der Waals surface area contributed by atoms with Crippen LogP contribution in [-0.2, 0) is 6.54 Å². The first-order chi connectivity index (χ1) is 19.8. The van der Waals surface area contributed by atoms with E-state index in [0.717, 1.165) is 26.5 Å². The zero-order valence-electron chi connectivity index (χ0n) is 22.9. The molecule has 0 atom stereocenters. The Morgan fingerprint density at radius 1 is 0.927 bits per heavy atom. The molecule has 0 N–H and O–H groups in total. The number of halogens is 2. The molecule has 0 bridgehead atoms. The Morgan fingerprint density at radius 3 is 2.49 bits per heavy atom. The number of benzene rings is 4. The second-order valence-corrected chi connectivity index (χ2v) is 10.6. The van der Waals surface area contributed by atoms with Gasteiger partial charge in [0.15, 0.2) is 11.5 Å². The number of aromatic nitrogens is 1. The molecule has 1 amide bonds. The van der Waals surface area contributed by atoms with Crippen molar-refractivity contribution in [3.8, 4) is 17.2 Å². The molecule has 0 aliphatic carbocycles. The molecule has 5 nitrogen and oxygen atoms in total. The molecule has 0 aliphatic rings. The van der Waals surface area contributed by atoms with Crippen LogP contribution in [0.2, 0.25) is 0 Å². The number of rotatable bonds is 8. The van der Waals surface area contributed by atoms with Crippen molar-refractivity contribution in [2.45, 2.75) is 13.5 Å². The second kappa shape index (κ2) is 12.4. The summed E-state index contributed by atoms with van der Waals surface area (Å²) in [6, 6.07) is 27.1. The molecule has 1 heterocycles. The van der Waals surface area contributed by atoms with Crippen LogP contribution in [0.15, 0.2) is 95.5 Å². The predicted octanol–water partition coefficient (Wildman–Crippen LogP) is 8.69. The van der Waals surface area contributed by atoms with E-state index in [4.69, 9.17) is 14.5 Å². The third-order valence-corrected chi connectivity index (χ3v) is 7.10. The molecule has 0 spiro atoms. The normalized spacial score (nSPS) is 11.1. The number of carbonyl (C=O) groups is 1. The number of ether oxygens (including phenoxy) is 2. The van der Waals surface area contributed by atoms with Gasteiger partial charge in [0.1, 0.15) is 11.6 Å². The number of pyridine rings is 1. The van der Waals surface area contributed by atoms with Crippen LogP contribution in [0.25, 0.3) is 23.1 Å². The van der Waals surface area contributed by atoms with Crippen molar-refractivity contribution >= 4 is 44.9 Å². The third kappa shape index (κ3) is 6.64. The average Bonchev–Trinajstić information content (AvgIpc) is 2.98. The number of methoxy groups -OCH3 is 1. The van der Waals surface area contributed by atoms with Crippen molar-refractivity contribution < 1.29 is 18.7 Å². The fourth-order valence-corrected chi connectivity index (χ4v) is 4.84. The minimum Gasteiger partial charge on any atom is -0.493 e. The fourth-order valence-electron chi connectivity index (χ4n) is 4.48. The van der Waals surface area contributed by atoms with Crippen molar-refractivity contribution in [1.29, 1.82) is 0 Å². The number of fused-ring (bicyclic) bond motifs is 1. The molecular formula is C34H28BrFN2O3. The lowest BCUT2D eigenvalue weighted by molar-refractivity contribution is 0.0786. The first-order valence-corrected chi connectivity index (χ1v) is 13.8. The third-order valence-electron chi connectivity index (χ3n) is 6.60. The summed E-state index contributed by atoms with van der Waals surface area (Å²) in [4.78, 5) is 20.3. The van der Waals surface area contributed by atoms with Crippen molar-refractivity contribution in [2.24, 2.45) is 0 Å². The smallest absolute Gasteiger partial charge is 0.254 e. The van der Waals surface area contributed by atoms with E-state index in [2.05, 4.69) is 15.9 Å². The topological polar surface area (TPSA) is 51.7 Å². The molecular weight excluding hydrogens is 583 g/mol. The molecule has 5 aromatic rings. The molecule has 7 heteroatoms. The lowest BCUT2D eigenvalue weighted by Crippen LogP contribution is -2.26. The average molecular weight is 612 g/mol. The van der Waals surface area contributed by atoms with E-state index in [1.807, 2.05) is 79.7 Å². The van der Waals surface area contributed by atoms with Gasteiger partial charge in [-0.15, -0.1) is 0 Å². The van der Waals surface area contributed by atoms with Gasteiger partial charge in [0.2, 0.25) is 0 Å². The number of hydrogen-bond acceptors (Lipinski definition) is 4. The minimum absolute atomic E-state index is 0.158. The molecule has 41 heavy (non-hydrogen) atoms. The fraction of sp³-hybridized carbons (Fsp3) is 0.118. The maximum absolute atomic E-state index is 13.9. The Bertz CT molecular complexity index is 1750. The first-order valence-electron chi connectivity index (χ1n) is 13.0. The molecule has 0 aliphatic heterocycles. The van der Waals surface area contributed by atoms with Crippen molar-refractivity contribution in [2.75, 3.05) is 14.2 Å². The number of para-hydroxylation sites is 1. The molecule has 5 rings (SSSR count). The molecule has 0 fully saturated rings. The zero-order chi connectivity index (χ0) is 28.9. The van der Waals surface area contributed by atoms with Gasteiger partial charge in [0.05, 0.1) is 23.9 Å². The van der Waals surface area contributed by atoms with Gasteiger partial charge >= 0.3 is 0 Å². The lowest BCUT2D eigenvalue weighted by Gasteiger charge is -2.21. The van der Waals surface area contributed by atoms with E-state index >= 15 is 0 Å². The highest BCUT2D eigenvalue weighted by molar-refractivity contribution is 9.10. The highest BCUT2D eigenvalue weighted by Crippen LogP contribution is 2.34.